The third-order valence-electron chi connectivity index (χ3n) is 3.22. The average Bonchev–Trinajstić information content (AvgIpc) is 2.50. The SMILES string of the molecule is CC(=O)CCC1=CC(=O)O[C@@]1(C)CCC=C(C)C. The zero-order chi connectivity index (χ0) is 13.8. The number of hydrogen-bond acceptors (Lipinski definition) is 3. The Labute approximate surface area is 109 Å². The summed E-state index contributed by atoms with van der Waals surface area (Å²) in [4.78, 5) is 22.4. The maximum atomic E-state index is 11.4. The summed E-state index contributed by atoms with van der Waals surface area (Å²) in [5.41, 5.74) is 1.68. The van der Waals surface area contributed by atoms with Crippen molar-refractivity contribution >= 4 is 11.8 Å². The van der Waals surface area contributed by atoms with E-state index in [9.17, 15) is 9.59 Å². The van der Waals surface area contributed by atoms with Crippen molar-refractivity contribution in [1.82, 2.24) is 0 Å². The van der Waals surface area contributed by atoms with Crippen LogP contribution in [0.3, 0.4) is 0 Å². The lowest BCUT2D eigenvalue weighted by atomic mass is 9.88. The topological polar surface area (TPSA) is 43.4 Å². The van der Waals surface area contributed by atoms with Crippen LogP contribution in [0.25, 0.3) is 0 Å². The van der Waals surface area contributed by atoms with Crippen molar-refractivity contribution < 1.29 is 14.3 Å². The average molecular weight is 250 g/mol. The molecule has 3 heteroatoms. The summed E-state index contributed by atoms with van der Waals surface area (Å²) in [6.45, 7) is 7.60. The van der Waals surface area contributed by atoms with Crippen molar-refractivity contribution in [3.63, 3.8) is 0 Å². The van der Waals surface area contributed by atoms with E-state index in [0.717, 1.165) is 18.4 Å². The summed E-state index contributed by atoms with van der Waals surface area (Å²) in [5, 5.41) is 0. The molecule has 0 unspecified atom stereocenters. The number of hydrogen-bond donors (Lipinski definition) is 0. The number of carbonyl (C=O) groups is 2. The standard InChI is InChI=1S/C15H22O3/c1-11(2)6-5-9-15(4)13(8-7-12(3)16)10-14(17)18-15/h6,10H,5,7-9H2,1-4H3/t15-/m0/s1. The van der Waals surface area contributed by atoms with Crippen LogP contribution in [0.1, 0.15) is 53.4 Å². The predicted octanol–water partition coefficient (Wildman–Crippen LogP) is 3.34. The van der Waals surface area contributed by atoms with E-state index in [4.69, 9.17) is 4.74 Å². The minimum Gasteiger partial charge on any atom is -0.452 e. The summed E-state index contributed by atoms with van der Waals surface area (Å²) in [7, 11) is 0. The first kappa shape index (κ1) is 14.7. The molecule has 1 atom stereocenters. The van der Waals surface area contributed by atoms with Crippen molar-refractivity contribution in [2.24, 2.45) is 0 Å². The molecule has 0 amide bonds. The molecular formula is C15H22O3. The predicted molar refractivity (Wildman–Crippen MR) is 71.2 cm³/mol. The molecule has 0 fully saturated rings. The number of rotatable bonds is 6. The van der Waals surface area contributed by atoms with Gasteiger partial charge in [-0.05, 0) is 52.5 Å². The molecule has 1 rings (SSSR count). The number of allylic oxidation sites excluding steroid dienone is 2. The molecule has 1 aliphatic rings. The number of ketones is 1. The number of carbonyl (C=O) groups excluding carboxylic acids is 2. The second-order valence-corrected chi connectivity index (χ2v) is 5.34. The van der Waals surface area contributed by atoms with Crippen LogP contribution in [0.5, 0.6) is 0 Å². The van der Waals surface area contributed by atoms with Gasteiger partial charge in [0.1, 0.15) is 11.4 Å². The van der Waals surface area contributed by atoms with E-state index in [1.807, 2.05) is 6.92 Å². The molecule has 100 valence electrons. The van der Waals surface area contributed by atoms with Gasteiger partial charge in [0.15, 0.2) is 0 Å². The highest BCUT2D eigenvalue weighted by Gasteiger charge is 2.37. The molecule has 18 heavy (non-hydrogen) atoms. The first-order valence-corrected chi connectivity index (χ1v) is 6.40. The van der Waals surface area contributed by atoms with Crippen LogP contribution >= 0.6 is 0 Å². The van der Waals surface area contributed by atoms with E-state index in [-0.39, 0.29) is 11.8 Å². The Bertz CT molecular complexity index is 400. The first-order chi connectivity index (χ1) is 8.33. The zero-order valence-corrected chi connectivity index (χ0v) is 11.7. The molecule has 0 aromatic heterocycles. The van der Waals surface area contributed by atoms with E-state index >= 15 is 0 Å². The van der Waals surface area contributed by atoms with Gasteiger partial charge in [-0.1, -0.05) is 11.6 Å². The molecule has 0 aromatic rings. The Morgan fingerprint density at radius 3 is 2.61 bits per heavy atom. The van der Waals surface area contributed by atoms with Gasteiger partial charge in [0.25, 0.3) is 0 Å². The van der Waals surface area contributed by atoms with Gasteiger partial charge in [-0.3, -0.25) is 0 Å². The van der Waals surface area contributed by atoms with Crippen molar-refractivity contribution in [1.29, 1.82) is 0 Å². The number of ether oxygens (including phenoxy) is 1. The lowest BCUT2D eigenvalue weighted by Gasteiger charge is -2.26. The lowest BCUT2D eigenvalue weighted by molar-refractivity contribution is -0.145. The normalized spacial score (nSPS) is 22.4. The minimum absolute atomic E-state index is 0.141. The largest absolute Gasteiger partial charge is 0.452 e. The van der Waals surface area contributed by atoms with E-state index < -0.39 is 5.60 Å². The second kappa shape index (κ2) is 5.98. The van der Waals surface area contributed by atoms with Gasteiger partial charge in [-0.15, -0.1) is 0 Å². The molecular weight excluding hydrogens is 228 g/mol. The van der Waals surface area contributed by atoms with Crippen molar-refractivity contribution in [3.05, 3.63) is 23.3 Å². The van der Waals surface area contributed by atoms with Crippen LogP contribution in [0.2, 0.25) is 0 Å². The molecule has 0 spiro atoms. The highest BCUT2D eigenvalue weighted by atomic mass is 16.6. The van der Waals surface area contributed by atoms with E-state index in [1.165, 1.54) is 5.57 Å². The van der Waals surface area contributed by atoms with Gasteiger partial charge in [-0.25, -0.2) is 4.79 Å². The maximum Gasteiger partial charge on any atom is 0.331 e. The summed E-state index contributed by atoms with van der Waals surface area (Å²) >= 11 is 0. The van der Waals surface area contributed by atoms with Gasteiger partial charge in [0, 0.05) is 12.5 Å². The van der Waals surface area contributed by atoms with Crippen molar-refractivity contribution in [2.45, 2.75) is 59.0 Å². The van der Waals surface area contributed by atoms with Crippen LogP contribution in [0.4, 0.5) is 0 Å². The minimum atomic E-state index is -0.529. The van der Waals surface area contributed by atoms with E-state index in [0.29, 0.717) is 12.8 Å². The Hall–Kier alpha value is -1.38. The Kier molecular flexibility index (Phi) is 4.88. The highest BCUT2D eigenvalue weighted by molar-refractivity contribution is 5.87. The molecule has 0 N–H and O–H groups in total. The third kappa shape index (κ3) is 4.13. The van der Waals surface area contributed by atoms with E-state index in [2.05, 4.69) is 19.9 Å². The fraction of sp³-hybridized carbons (Fsp3) is 0.600. The Balaban J connectivity index is 2.67. The molecule has 0 saturated heterocycles. The van der Waals surface area contributed by atoms with Crippen molar-refractivity contribution in [3.8, 4) is 0 Å². The summed E-state index contributed by atoms with van der Waals surface area (Å²) in [6, 6.07) is 0. The summed E-state index contributed by atoms with van der Waals surface area (Å²) in [5.74, 6) is -0.143. The molecule has 0 bridgehead atoms. The van der Waals surface area contributed by atoms with Crippen LogP contribution < -0.4 is 0 Å². The van der Waals surface area contributed by atoms with Crippen LogP contribution in [-0.4, -0.2) is 17.4 Å². The van der Waals surface area contributed by atoms with Crippen molar-refractivity contribution in [2.75, 3.05) is 0 Å². The fourth-order valence-electron chi connectivity index (χ4n) is 2.11. The van der Waals surface area contributed by atoms with Gasteiger partial charge >= 0.3 is 5.97 Å². The first-order valence-electron chi connectivity index (χ1n) is 6.40. The zero-order valence-electron chi connectivity index (χ0n) is 11.7. The monoisotopic (exact) mass is 250 g/mol. The van der Waals surface area contributed by atoms with Gasteiger partial charge in [0.05, 0.1) is 0 Å². The highest BCUT2D eigenvalue weighted by Crippen LogP contribution is 2.35. The van der Waals surface area contributed by atoms with Gasteiger partial charge in [-0.2, -0.15) is 0 Å². The smallest absolute Gasteiger partial charge is 0.331 e. The number of Topliss-reactive ketones (excluding diaryl/α,β-unsaturated/α-hetero) is 1. The molecule has 0 aliphatic carbocycles. The van der Waals surface area contributed by atoms with Crippen LogP contribution in [0, 0.1) is 0 Å². The van der Waals surface area contributed by atoms with Crippen LogP contribution in [-0.2, 0) is 14.3 Å². The summed E-state index contributed by atoms with van der Waals surface area (Å²) < 4.78 is 5.40. The maximum absolute atomic E-state index is 11.4. The molecule has 1 heterocycles. The van der Waals surface area contributed by atoms with Gasteiger partial charge in [0.2, 0.25) is 0 Å². The molecule has 3 nitrogen and oxygen atoms in total. The lowest BCUT2D eigenvalue weighted by Crippen LogP contribution is -2.28. The number of esters is 1. The Morgan fingerprint density at radius 2 is 2.06 bits per heavy atom. The molecule has 0 aromatic carbocycles. The molecule has 0 saturated carbocycles. The van der Waals surface area contributed by atoms with Gasteiger partial charge < -0.3 is 9.53 Å². The second-order valence-electron chi connectivity index (χ2n) is 5.34. The number of cyclic esters (lactones) is 1. The van der Waals surface area contributed by atoms with Crippen LogP contribution in [0.15, 0.2) is 23.3 Å². The van der Waals surface area contributed by atoms with E-state index in [1.54, 1.807) is 13.0 Å². The molecule has 1 aliphatic heterocycles. The summed E-state index contributed by atoms with van der Waals surface area (Å²) in [6.07, 6.45) is 6.43. The Morgan fingerprint density at radius 1 is 1.39 bits per heavy atom. The fourth-order valence-corrected chi connectivity index (χ4v) is 2.11. The molecule has 0 radical (unpaired) electrons. The third-order valence-corrected chi connectivity index (χ3v) is 3.22. The quantitative estimate of drug-likeness (QED) is 0.536.